The van der Waals surface area contributed by atoms with Gasteiger partial charge in [0.2, 0.25) is 0 Å². The van der Waals surface area contributed by atoms with Gasteiger partial charge in [-0.2, -0.15) is 0 Å². The van der Waals surface area contributed by atoms with Crippen molar-refractivity contribution in [2.45, 2.75) is 12.8 Å². The molecule has 0 bridgehead atoms. The van der Waals surface area contributed by atoms with Crippen LogP contribution in [0.25, 0.3) is 10.9 Å². The van der Waals surface area contributed by atoms with Gasteiger partial charge in [0.15, 0.2) is 5.76 Å². The zero-order valence-electron chi connectivity index (χ0n) is 13.5. The number of rotatable bonds is 5. The maximum Gasteiger partial charge on any atom is 0.289 e. The Morgan fingerprint density at radius 2 is 2.17 bits per heavy atom. The number of hydrogen-bond acceptors (Lipinski definition) is 4. The van der Waals surface area contributed by atoms with Crippen molar-refractivity contribution < 1.29 is 14.7 Å². The number of para-hydroxylation sites is 1. The van der Waals surface area contributed by atoms with E-state index in [0.29, 0.717) is 6.54 Å². The molecular weight excluding hydrogens is 306 g/mol. The summed E-state index contributed by atoms with van der Waals surface area (Å²) in [5.41, 5.74) is 2.21. The normalized spacial score (nSPS) is 14.5. The van der Waals surface area contributed by atoms with Gasteiger partial charge >= 0.3 is 0 Å². The number of fused-ring (bicyclic) bond motifs is 1. The van der Waals surface area contributed by atoms with Crippen molar-refractivity contribution in [3.05, 3.63) is 53.4 Å². The molecule has 124 valence electrons. The van der Waals surface area contributed by atoms with E-state index in [2.05, 4.69) is 16.4 Å². The Kier molecular flexibility index (Phi) is 4.46. The van der Waals surface area contributed by atoms with E-state index >= 15 is 0 Å². The molecule has 0 fully saturated rings. The molecule has 0 unspecified atom stereocenters. The van der Waals surface area contributed by atoms with Crippen LogP contribution in [0.1, 0.15) is 12.0 Å². The number of aliphatic hydroxyl groups is 1. The van der Waals surface area contributed by atoms with Crippen molar-refractivity contribution >= 4 is 22.7 Å². The highest BCUT2D eigenvalue weighted by molar-refractivity contribution is 6.06. The van der Waals surface area contributed by atoms with Crippen molar-refractivity contribution in [2.75, 3.05) is 20.1 Å². The van der Waals surface area contributed by atoms with Crippen molar-refractivity contribution in [2.24, 2.45) is 0 Å². The van der Waals surface area contributed by atoms with Crippen LogP contribution in [0.2, 0.25) is 0 Å². The van der Waals surface area contributed by atoms with Gasteiger partial charge in [0.1, 0.15) is 0 Å². The molecule has 0 atom stereocenters. The molecule has 0 spiro atoms. The second kappa shape index (κ2) is 6.70. The summed E-state index contributed by atoms with van der Waals surface area (Å²) in [5, 5.41) is 13.5. The monoisotopic (exact) mass is 325 g/mol. The van der Waals surface area contributed by atoms with Gasteiger partial charge in [-0.3, -0.25) is 14.6 Å². The lowest BCUT2D eigenvalue weighted by Crippen LogP contribution is -2.29. The van der Waals surface area contributed by atoms with Crippen molar-refractivity contribution in [1.29, 1.82) is 0 Å². The minimum Gasteiger partial charge on any atom is -0.503 e. The zero-order valence-corrected chi connectivity index (χ0v) is 13.5. The van der Waals surface area contributed by atoms with Gasteiger partial charge in [0, 0.05) is 25.2 Å². The van der Waals surface area contributed by atoms with E-state index in [1.54, 1.807) is 7.05 Å². The molecule has 1 aliphatic rings. The van der Waals surface area contributed by atoms with Crippen LogP contribution in [-0.4, -0.2) is 46.9 Å². The molecule has 1 aromatic carbocycles. The summed E-state index contributed by atoms with van der Waals surface area (Å²) < 4.78 is 0. The van der Waals surface area contributed by atoms with E-state index in [1.165, 1.54) is 4.90 Å². The minimum atomic E-state index is -0.512. The Morgan fingerprint density at radius 3 is 2.92 bits per heavy atom. The molecule has 2 amide bonds. The number of hydrogen-bond donors (Lipinski definition) is 2. The summed E-state index contributed by atoms with van der Waals surface area (Å²) in [7, 11) is 1.55. The predicted octanol–water partition coefficient (Wildman–Crippen LogP) is 1.57. The second-order valence-corrected chi connectivity index (χ2v) is 5.88. The Balaban J connectivity index is 1.51. The summed E-state index contributed by atoms with van der Waals surface area (Å²) in [6.07, 6.45) is 3.40. The van der Waals surface area contributed by atoms with Crippen LogP contribution in [0.15, 0.2) is 47.9 Å². The molecule has 0 saturated carbocycles. The first-order valence-electron chi connectivity index (χ1n) is 7.85. The van der Waals surface area contributed by atoms with E-state index in [9.17, 15) is 14.7 Å². The van der Waals surface area contributed by atoms with Gasteiger partial charge < -0.3 is 15.3 Å². The van der Waals surface area contributed by atoms with E-state index in [1.807, 2.05) is 30.5 Å². The fourth-order valence-corrected chi connectivity index (χ4v) is 2.73. The number of nitrogens with zero attached hydrogens (tertiary/aromatic N) is 2. The number of benzene rings is 1. The zero-order chi connectivity index (χ0) is 17.1. The Bertz CT molecular complexity index is 829. The van der Waals surface area contributed by atoms with Crippen molar-refractivity contribution in [3.8, 4) is 0 Å². The van der Waals surface area contributed by atoms with E-state index < -0.39 is 11.7 Å². The van der Waals surface area contributed by atoms with Crippen LogP contribution in [0.3, 0.4) is 0 Å². The van der Waals surface area contributed by atoms with Gasteiger partial charge in [-0.25, -0.2) is 0 Å². The fraction of sp³-hybridized carbons (Fsp3) is 0.278. The van der Waals surface area contributed by atoms with Gasteiger partial charge in [-0.15, -0.1) is 0 Å². The van der Waals surface area contributed by atoms with Crippen LogP contribution in [0, 0.1) is 0 Å². The number of aromatic nitrogens is 1. The van der Waals surface area contributed by atoms with Crippen LogP contribution in [-0.2, 0) is 16.0 Å². The lowest BCUT2D eigenvalue weighted by atomic mass is 10.1. The van der Waals surface area contributed by atoms with E-state index in [-0.39, 0.29) is 18.0 Å². The van der Waals surface area contributed by atoms with E-state index in [4.69, 9.17) is 0 Å². The number of pyridine rings is 1. The summed E-state index contributed by atoms with van der Waals surface area (Å²) in [6, 6.07) is 10.0. The lowest BCUT2D eigenvalue weighted by Gasteiger charge is -2.08. The highest BCUT2D eigenvalue weighted by atomic mass is 16.3. The van der Waals surface area contributed by atoms with Gasteiger partial charge in [-0.05, 0) is 30.5 Å². The number of nitrogens with one attached hydrogen (secondary N) is 1. The van der Waals surface area contributed by atoms with Gasteiger partial charge in [0.05, 0.1) is 17.6 Å². The third-order valence-electron chi connectivity index (χ3n) is 4.08. The first-order valence-corrected chi connectivity index (χ1v) is 7.85. The topological polar surface area (TPSA) is 82.5 Å². The molecule has 6 nitrogen and oxygen atoms in total. The highest BCUT2D eigenvalue weighted by Crippen LogP contribution is 2.16. The van der Waals surface area contributed by atoms with Crippen molar-refractivity contribution in [1.82, 2.24) is 15.2 Å². The minimum absolute atomic E-state index is 0.134. The SMILES string of the molecule is CN1CC(C(=O)NCCCc2cnc3ccccc3c2)=C(O)C1=O. The Labute approximate surface area is 139 Å². The summed E-state index contributed by atoms with van der Waals surface area (Å²) in [5.74, 6) is -1.35. The maximum absolute atomic E-state index is 12.0. The van der Waals surface area contributed by atoms with Gasteiger partial charge in [0.25, 0.3) is 11.8 Å². The molecule has 0 aliphatic carbocycles. The first-order chi connectivity index (χ1) is 11.6. The average molecular weight is 325 g/mol. The maximum atomic E-state index is 12.0. The Hall–Kier alpha value is -2.89. The number of aliphatic hydroxyl groups excluding tert-OH is 1. The van der Waals surface area contributed by atoms with Crippen LogP contribution >= 0.6 is 0 Å². The number of carbonyl (C=O) groups excluding carboxylic acids is 2. The third kappa shape index (κ3) is 3.22. The quantitative estimate of drug-likeness (QED) is 0.818. The van der Waals surface area contributed by atoms with E-state index in [0.717, 1.165) is 29.3 Å². The van der Waals surface area contributed by atoms with Gasteiger partial charge in [-0.1, -0.05) is 18.2 Å². The van der Waals surface area contributed by atoms with Crippen LogP contribution in [0.4, 0.5) is 0 Å². The predicted molar refractivity (Wildman–Crippen MR) is 90.4 cm³/mol. The van der Waals surface area contributed by atoms with Crippen LogP contribution in [0.5, 0.6) is 0 Å². The molecule has 3 rings (SSSR count). The molecule has 6 heteroatoms. The standard InChI is InChI=1S/C18H19N3O3/c1-21-11-14(16(22)18(21)24)17(23)19-8-4-5-12-9-13-6-2-3-7-15(13)20-10-12/h2-3,6-7,9-10,22H,4-5,8,11H2,1H3,(H,19,23). The fourth-order valence-electron chi connectivity index (χ4n) is 2.73. The second-order valence-electron chi connectivity index (χ2n) is 5.88. The number of amides is 2. The molecule has 1 aliphatic heterocycles. The number of carbonyl (C=O) groups is 2. The van der Waals surface area contributed by atoms with Crippen LogP contribution < -0.4 is 5.32 Å². The molecule has 24 heavy (non-hydrogen) atoms. The summed E-state index contributed by atoms with van der Waals surface area (Å²) in [6.45, 7) is 0.617. The smallest absolute Gasteiger partial charge is 0.289 e. The summed E-state index contributed by atoms with van der Waals surface area (Å²) in [4.78, 5) is 29.2. The first kappa shape index (κ1) is 16.0. The molecule has 0 radical (unpaired) electrons. The summed E-state index contributed by atoms with van der Waals surface area (Å²) >= 11 is 0. The molecule has 1 aromatic heterocycles. The highest BCUT2D eigenvalue weighted by Gasteiger charge is 2.31. The molecule has 2 heterocycles. The van der Waals surface area contributed by atoms with Crippen molar-refractivity contribution in [3.63, 3.8) is 0 Å². The molecular formula is C18H19N3O3. The third-order valence-corrected chi connectivity index (χ3v) is 4.08. The number of likely N-dealkylation sites (N-methyl/N-ethyl adjacent to an activating group) is 1. The average Bonchev–Trinajstić information content (AvgIpc) is 2.86. The molecule has 2 aromatic rings. The largest absolute Gasteiger partial charge is 0.503 e. The lowest BCUT2D eigenvalue weighted by molar-refractivity contribution is -0.126. The molecule has 2 N–H and O–H groups in total. The Morgan fingerprint density at radius 1 is 1.38 bits per heavy atom. The number of aryl methyl sites for hydroxylation is 1. The molecule has 0 saturated heterocycles.